The minimum atomic E-state index is 0.282. The lowest BCUT2D eigenvalue weighted by molar-refractivity contribution is 0.0463. The van der Waals surface area contributed by atoms with Gasteiger partial charge in [0.15, 0.2) is 5.76 Å². The van der Waals surface area contributed by atoms with E-state index in [0.717, 1.165) is 36.7 Å². The summed E-state index contributed by atoms with van der Waals surface area (Å²) in [5, 5.41) is 13.0. The second-order valence-corrected chi connectivity index (χ2v) is 4.79. The smallest absolute Gasteiger partial charge is 0.167 e. The molecule has 0 aliphatic carbocycles. The number of likely N-dealkylation sites (tertiary alicyclic amines) is 1. The summed E-state index contributed by atoms with van der Waals surface area (Å²) in [6.07, 6.45) is 0. The highest BCUT2D eigenvalue weighted by Gasteiger charge is 2.26. The highest BCUT2D eigenvalue weighted by atomic mass is 16.5. The van der Waals surface area contributed by atoms with E-state index >= 15 is 0 Å². The maximum Gasteiger partial charge on any atom is 0.167 e. The monoisotopic (exact) mass is 244 g/mol. The third-order valence-electron chi connectivity index (χ3n) is 3.29. The van der Waals surface area contributed by atoms with E-state index in [0.29, 0.717) is 5.92 Å². The molecular weight excluding hydrogens is 228 g/mol. The van der Waals surface area contributed by atoms with E-state index < -0.39 is 0 Å². The van der Waals surface area contributed by atoms with Crippen LogP contribution in [0.5, 0.6) is 0 Å². The summed E-state index contributed by atoms with van der Waals surface area (Å²) < 4.78 is 5.35. The Morgan fingerprint density at radius 2 is 2.06 bits per heavy atom. The zero-order valence-electron chi connectivity index (χ0n) is 10.1. The number of aromatic nitrogens is 1. The van der Waals surface area contributed by atoms with Crippen LogP contribution in [-0.2, 0) is 6.54 Å². The lowest BCUT2D eigenvalue weighted by atomic mass is 10.0. The van der Waals surface area contributed by atoms with Crippen LogP contribution in [0, 0.1) is 5.92 Å². The van der Waals surface area contributed by atoms with Crippen LogP contribution < -0.4 is 0 Å². The molecule has 0 radical (unpaired) electrons. The second kappa shape index (κ2) is 4.92. The lowest BCUT2D eigenvalue weighted by Crippen LogP contribution is -2.47. The van der Waals surface area contributed by atoms with Crippen molar-refractivity contribution in [3.63, 3.8) is 0 Å². The first kappa shape index (κ1) is 11.4. The fourth-order valence-electron chi connectivity index (χ4n) is 2.28. The third-order valence-corrected chi connectivity index (χ3v) is 3.29. The Morgan fingerprint density at radius 1 is 1.28 bits per heavy atom. The molecule has 4 nitrogen and oxygen atoms in total. The standard InChI is InChI=1S/C14H16N2O2/c17-10-11-7-16(8-11)9-13-6-14(18-15-13)12-4-2-1-3-5-12/h1-6,11,17H,7-10H2. The van der Waals surface area contributed by atoms with Gasteiger partial charge in [0.25, 0.3) is 0 Å². The average molecular weight is 244 g/mol. The molecule has 1 aliphatic rings. The first-order valence-electron chi connectivity index (χ1n) is 6.19. The van der Waals surface area contributed by atoms with Gasteiger partial charge >= 0.3 is 0 Å². The molecule has 1 aliphatic heterocycles. The van der Waals surface area contributed by atoms with E-state index in [1.54, 1.807) is 0 Å². The van der Waals surface area contributed by atoms with Crippen molar-refractivity contribution < 1.29 is 9.63 Å². The van der Waals surface area contributed by atoms with E-state index in [2.05, 4.69) is 10.1 Å². The van der Waals surface area contributed by atoms with Gasteiger partial charge < -0.3 is 9.63 Å². The molecule has 1 aromatic carbocycles. The minimum absolute atomic E-state index is 0.282. The maximum atomic E-state index is 8.96. The Labute approximate surface area is 106 Å². The fourth-order valence-corrected chi connectivity index (χ4v) is 2.28. The van der Waals surface area contributed by atoms with Gasteiger partial charge in [-0.15, -0.1) is 0 Å². The summed E-state index contributed by atoms with van der Waals surface area (Å²) in [5.74, 6) is 1.25. The van der Waals surface area contributed by atoms with E-state index in [9.17, 15) is 0 Å². The number of benzene rings is 1. The van der Waals surface area contributed by atoms with Crippen molar-refractivity contribution in [3.05, 3.63) is 42.1 Å². The molecular formula is C14H16N2O2. The first-order valence-corrected chi connectivity index (χ1v) is 6.19. The van der Waals surface area contributed by atoms with Gasteiger partial charge in [0, 0.05) is 43.8 Å². The summed E-state index contributed by atoms with van der Waals surface area (Å²) in [4.78, 5) is 2.26. The molecule has 1 aromatic heterocycles. The van der Waals surface area contributed by atoms with Crippen LogP contribution in [0.15, 0.2) is 40.9 Å². The third kappa shape index (κ3) is 2.30. The average Bonchev–Trinajstić information content (AvgIpc) is 2.83. The van der Waals surface area contributed by atoms with E-state index in [4.69, 9.17) is 9.63 Å². The van der Waals surface area contributed by atoms with Crippen molar-refractivity contribution in [2.75, 3.05) is 19.7 Å². The van der Waals surface area contributed by atoms with Crippen LogP contribution in [-0.4, -0.2) is 34.9 Å². The van der Waals surface area contributed by atoms with Crippen molar-refractivity contribution in [3.8, 4) is 11.3 Å². The highest BCUT2D eigenvalue weighted by molar-refractivity contribution is 5.56. The van der Waals surface area contributed by atoms with Crippen LogP contribution in [0.25, 0.3) is 11.3 Å². The lowest BCUT2D eigenvalue weighted by Gasteiger charge is -2.37. The van der Waals surface area contributed by atoms with E-state index in [1.165, 1.54) is 0 Å². The number of nitrogens with zero attached hydrogens (tertiary/aromatic N) is 2. The maximum absolute atomic E-state index is 8.96. The molecule has 2 aromatic rings. The molecule has 4 heteroatoms. The summed E-state index contributed by atoms with van der Waals surface area (Å²) in [7, 11) is 0. The number of aliphatic hydroxyl groups is 1. The summed E-state index contributed by atoms with van der Waals surface area (Å²) in [6, 6.07) is 12.0. The van der Waals surface area contributed by atoms with Crippen molar-refractivity contribution in [2.45, 2.75) is 6.54 Å². The van der Waals surface area contributed by atoms with Crippen molar-refractivity contribution in [1.29, 1.82) is 0 Å². The molecule has 0 bridgehead atoms. The van der Waals surface area contributed by atoms with Crippen LogP contribution in [0.1, 0.15) is 5.69 Å². The second-order valence-electron chi connectivity index (χ2n) is 4.79. The molecule has 3 rings (SSSR count). The molecule has 1 saturated heterocycles. The fraction of sp³-hybridized carbons (Fsp3) is 0.357. The predicted octanol–water partition coefficient (Wildman–Crippen LogP) is 1.77. The molecule has 2 heterocycles. The summed E-state index contributed by atoms with van der Waals surface area (Å²) in [6.45, 7) is 2.98. The predicted molar refractivity (Wildman–Crippen MR) is 67.8 cm³/mol. The van der Waals surface area contributed by atoms with Gasteiger partial charge in [0.2, 0.25) is 0 Å². The first-order chi connectivity index (χ1) is 8.85. The minimum Gasteiger partial charge on any atom is -0.396 e. The van der Waals surface area contributed by atoms with Gasteiger partial charge in [-0.3, -0.25) is 4.90 Å². The molecule has 1 fully saturated rings. The molecule has 0 saturated carbocycles. The number of rotatable bonds is 4. The van der Waals surface area contributed by atoms with Gasteiger partial charge in [-0.05, 0) is 0 Å². The van der Waals surface area contributed by atoms with Crippen LogP contribution in [0.4, 0.5) is 0 Å². The molecule has 94 valence electrons. The highest BCUT2D eigenvalue weighted by Crippen LogP contribution is 2.22. The zero-order valence-corrected chi connectivity index (χ0v) is 10.1. The number of hydrogen-bond acceptors (Lipinski definition) is 4. The van der Waals surface area contributed by atoms with Gasteiger partial charge in [0.1, 0.15) is 0 Å². The molecule has 18 heavy (non-hydrogen) atoms. The quantitative estimate of drug-likeness (QED) is 0.890. The van der Waals surface area contributed by atoms with Crippen molar-refractivity contribution in [2.24, 2.45) is 5.92 Å². The SMILES string of the molecule is OCC1CN(Cc2cc(-c3ccccc3)on2)C1. The number of aliphatic hydroxyl groups excluding tert-OH is 1. The van der Waals surface area contributed by atoms with E-state index in [1.807, 2.05) is 36.4 Å². The molecule has 0 spiro atoms. The van der Waals surface area contributed by atoms with Gasteiger partial charge in [0.05, 0.1) is 5.69 Å². The van der Waals surface area contributed by atoms with Crippen LogP contribution >= 0.6 is 0 Å². The Bertz CT molecular complexity index is 504. The van der Waals surface area contributed by atoms with Crippen LogP contribution in [0.2, 0.25) is 0 Å². The summed E-state index contributed by atoms with van der Waals surface area (Å²) >= 11 is 0. The zero-order chi connectivity index (χ0) is 12.4. The van der Waals surface area contributed by atoms with Crippen LogP contribution in [0.3, 0.4) is 0 Å². The molecule has 0 atom stereocenters. The Morgan fingerprint density at radius 3 is 2.78 bits per heavy atom. The molecule has 0 unspecified atom stereocenters. The Hall–Kier alpha value is -1.65. The molecule has 1 N–H and O–H groups in total. The summed E-state index contributed by atoms with van der Waals surface area (Å²) in [5.41, 5.74) is 2.00. The van der Waals surface area contributed by atoms with Crippen molar-refractivity contribution in [1.82, 2.24) is 10.1 Å². The normalized spacial score (nSPS) is 16.7. The van der Waals surface area contributed by atoms with Gasteiger partial charge in [-0.25, -0.2) is 0 Å². The largest absolute Gasteiger partial charge is 0.396 e. The van der Waals surface area contributed by atoms with Gasteiger partial charge in [-0.1, -0.05) is 35.5 Å². The van der Waals surface area contributed by atoms with Crippen molar-refractivity contribution >= 4 is 0 Å². The molecule has 0 amide bonds. The van der Waals surface area contributed by atoms with Gasteiger partial charge in [-0.2, -0.15) is 0 Å². The van der Waals surface area contributed by atoms with E-state index in [-0.39, 0.29) is 6.61 Å². The number of hydrogen-bond donors (Lipinski definition) is 1. The Balaban J connectivity index is 1.64. The topological polar surface area (TPSA) is 49.5 Å². The Kier molecular flexibility index (Phi) is 3.13.